The molecule has 3 nitrogen and oxygen atoms in total. The third kappa shape index (κ3) is 3.02. The summed E-state index contributed by atoms with van der Waals surface area (Å²) >= 11 is 0. The summed E-state index contributed by atoms with van der Waals surface area (Å²) < 4.78 is 26.3. The van der Waals surface area contributed by atoms with Gasteiger partial charge in [0.1, 0.15) is 0 Å². The smallest absolute Gasteiger partial charge is 0.212 e. The average molecular weight is 259 g/mol. The molecule has 0 aromatic heterocycles. The third-order valence-corrected chi connectivity index (χ3v) is 6.35. The minimum Gasteiger partial charge on any atom is -0.212 e. The molecule has 0 N–H and O–H groups in total. The van der Waals surface area contributed by atoms with E-state index in [2.05, 4.69) is 20.8 Å². The van der Waals surface area contributed by atoms with Crippen LogP contribution in [0.15, 0.2) is 0 Å². The molecule has 100 valence electrons. The van der Waals surface area contributed by atoms with Crippen LogP contribution >= 0.6 is 0 Å². The zero-order valence-electron chi connectivity index (χ0n) is 11.3. The SMILES string of the molecule is CC(C)(C)CC1CCN(S(=O)(=O)C2CCC2)C1. The van der Waals surface area contributed by atoms with Crippen molar-refractivity contribution in [3.63, 3.8) is 0 Å². The molecule has 2 fully saturated rings. The average Bonchev–Trinajstić information content (AvgIpc) is 2.44. The molecule has 1 aliphatic heterocycles. The normalized spacial score (nSPS) is 28.3. The Hall–Kier alpha value is -0.0900. The van der Waals surface area contributed by atoms with E-state index in [0.29, 0.717) is 11.3 Å². The van der Waals surface area contributed by atoms with Crippen molar-refractivity contribution in [2.45, 2.75) is 58.1 Å². The Morgan fingerprint density at radius 3 is 2.29 bits per heavy atom. The molecular weight excluding hydrogens is 234 g/mol. The summed E-state index contributed by atoms with van der Waals surface area (Å²) in [6, 6.07) is 0. The molecule has 1 saturated carbocycles. The van der Waals surface area contributed by atoms with Gasteiger partial charge in [-0.1, -0.05) is 27.2 Å². The van der Waals surface area contributed by atoms with Crippen molar-refractivity contribution in [1.82, 2.24) is 4.31 Å². The first-order valence-electron chi connectivity index (χ1n) is 6.78. The Morgan fingerprint density at radius 2 is 1.82 bits per heavy atom. The molecule has 1 saturated heterocycles. The molecule has 1 heterocycles. The van der Waals surface area contributed by atoms with Gasteiger partial charge in [0.05, 0.1) is 5.25 Å². The van der Waals surface area contributed by atoms with Crippen LogP contribution in [0.4, 0.5) is 0 Å². The maximum absolute atomic E-state index is 12.3. The van der Waals surface area contributed by atoms with Crippen LogP contribution in [-0.2, 0) is 10.0 Å². The zero-order chi connectivity index (χ0) is 12.7. The second-order valence-corrected chi connectivity index (χ2v) is 9.09. The summed E-state index contributed by atoms with van der Waals surface area (Å²) in [5, 5.41) is -0.0594. The van der Waals surface area contributed by atoms with Gasteiger partial charge in [-0.15, -0.1) is 0 Å². The van der Waals surface area contributed by atoms with Gasteiger partial charge in [-0.25, -0.2) is 12.7 Å². The van der Waals surface area contributed by atoms with Gasteiger partial charge in [0, 0.05) is 13.1 Å². The van der Waals surface area contributed by atoms with E-state index in [0.717, 1.165) is 45.2 Å². The van der Waals surface area contributed by atoms with E-state index in [9.17, 15) is 8.42 Å². The molecule has 4 heteroatoms. The van der Waals surface area contributed by atoms with E-state index >= 15 is 0 Å². The Bertz CT molecular complexity index is 365. The van der Waals surface area contributed by atoms with Gasteiger partial charge in [-0.3, -0.25) is 0 Å². The van der Waals surface area contributed by atoms with Crippen molar-refractivity contribution in [3.05, 3.63) is 0 Å². The maximum atomic E-state index is 12.3. The molecule has 0 bridgehead atoms. The number of hydrogen-bond acceptors (Lipinski definition) is 2. The second-order valence-electron chi connectivity index (χ2n) is 6.88. The number of rotatable bonds is 3. The summed E-state index contributed by atoms with van der Waals surface area (Å²) in [6.45, 7) is 8.21. The van der Waals surface area contributed by atoms with Gasteiger partial charge >= 0.3 is 0 Å². The quantitative estimate of drug-likeness (QED) is 0.781. The lowest BCUT2D eigenvalue weighted by Crippen LogP contribution is -2.40. The van der Waals surface area contributed by atoms with Crippen LogP contribution in [0.2, 0.25) is 0 Å². The summed E-state index contributed by atoms with van der Waals surface area (Å²) in [5.41, 5.74) is 0.306. The van der Waals surface area contributed by atoms with Gasteiger partial charge in [-0.05, 0) is 37.0 Å². The molecule has 2 aliphatic rings. The fraction of sp³-hybridized carbons (Fsp3) is 1.00. The number of hydrogen-bond donors (Lipinski definition) is 0. The van der Waals surface area contributed by atoms with Crippen LogP contribution in [0.25, 0.3) is 0 Å². The Morgan fingerprint density at radius 1 is 1.18 bits per heavy atom. The van der Waals surface area contributed by atoms with Crippen molar-refractivity contribution >= 4 is 10.0 Å². The molecular formula is C13H25NO2S. The molecule has 0 aromatic carbocycles. The van der Waals surface area contributed by atoms with Gasteiger partial charge in [0.2, 0.25) is 10.0 Å². The minimum absolute atomic E-state index is 0.0594. The molecule has 0 aromatic rings. The van der Waals surface area contributed by atoms with Crippen molar-refractivity contribution in [2.24, 2.45) is 11.3 Å². The third-order valence-electron chi connectivity index (χ3n) is 3.98. The summed E-state index contributed by atoms with van der Waals surface area (Å²) in [6.07, 6.45) is 5.02. The molecule has 0 radical (unpaired) electrons. The van der Waals surface area contributed by atoms with Crippen LogP contribution in [0.3, 0.4) is 0 Å². The fourth-order valence-corrected chi connectivity index (χ4v) is 5.07. The van der Waals surface area contributed by atoms with Gasteiger partial charge in [-0.2, -0.15) is 0 Å². The van der Waals surface area contributed by atoms with Crippen LogP contribution in [0, 0.1) is 11.3 Å². The van der Waals surface area contributed by atoms with E-state index < -0.39 is 10.0 Å². The molecule has 1 aliphatic carbocycles. The van der Waals surface area contributed by atoms with Gasteiger partial charge in [0.15, 0.2) is 0 Å². The lowest BCUT2D eigenvalue weighted by atomic mass is 9.84. The first kappa shape index (κ1) is 13.3. The number of nitrogens with zero attached hydrogens (tertiary/aromatic N) is 1. The molecule has 0 amide bonds. The van der Waals surface area contributed by atoms with Crippen molar-refractivity contribution in [1.29, 1.82) is 0 Å². The minimum atomic E-state index is -2.96. The van der Waals surface area contributed by atoms with Crippen LogP contribution < -0.4 is 0 Å². The highest BCUT2D eigenvalue weighted by Crippen LogP contribution is 2.35. The van der Waals surface area contributed by atoms with Crippen LogP contribution in [-0.4, -0.2) is 31.1 Å². The largest absolute Gasteiger partial charge is 0.216 e. The van der Waals surface area contributed by atoms with E-state index in [1.807, 2.05) is 0 Å². The Labute approximate surface area is 106 Å². The number of sulfonamides is 1. The zero-order valence-corrected chi connectivity index (χ0v) is 12.1. The predicted octanol–water partition coefficient (Wildman–Crippen LogP) is 2.63. The van der Waals surface area contributed by atoms with E-state index in [1.165, 1.54) is 0 Å². The second kappa shape index (κ2) is 4.54. The molecule has 1 atom stereocenters. The van der Waals surface area contributed by atoms with Crippen molar-refractivity contribution in [3.8, 4) is 0 Å². The highest BCUT2D eigenvalue weighted by molar-refractivity contribution is 7.89. The lowest BCUT2D eigenvalue weighted by Gasteiger charge is -2.30. The van der Waals surface area contributed by atoms with Crippen molar-refractivity contribution in [2.75, 3.05) is 13.1 Å². The molecule has 1 unspecified atom stereocenters. The first-order valence-corrected chi connectivity index (χ1v) is 8.28. The topological polar surface area (TPSA) is 37.4 Å². The van der Waals surface area contributed by atoms with E-state index in [1.54, 1.807) is 4.31 Å². The van der Waals surface area contributed by atoms with Crippen LogP contribution in [0.5, 0.6) is 0 Å². The highest BCUT2D eigenvalue weighted by Gasteiger charge is 2.40. The molecule has 0 spiro atoms. The van der Waals surface area contributed by atoms with Gasteiger partial charge in [0.25, 0.3) is 0 Å². The first-order chi connectivity index (χ1) is 7.79. The predicted molar refractivity (Wildman–Crippen MR) is 70.3 cm³/mol. The summed E-state index contributed by atoms with van der Waals surface area (Å²) in [7, 11) is -2.96. The summed E-state index contributed by atoms with van der Waals surface area (Å²) in [5.74, 6) is 0.560. The van der Waals surface area contributed by atoms with E-state index in [-0.39, 0.29) is 5.25 Å². The Kier molecular flexibility index (Phi) is 3.56. The van der Waals surface area contributed by atoms with E-state index in [4.69, 9.17) is 0 Å². The summed E-state index contributed by atoms with van der Waals surface area (Å²) in [4.78, 5) is 0. The monoisotopic (exact) mass is 259 g/mol. The lowest BCUT2D eigenvalue weighted by molar-refractivity contribution is 0.298. The molecule has 17 heavy (non-hydrogen) atoms. The Balaban J connectivity index is 1.93. The maximum Gasteiger partial charge on any atom is 0.216 e. The standard InChI is InChI=1S/C13H25NO2S/c1-13(2,3)9-11-7-8-14(10-11)17(15,16)12-5-4-6-12/h11-12H,4-10H2,1-3H3. The fourth-order valence-electron chi connectivity index (χ4n) is 2.94. The van der Waals surface area contributed by atoms with Crippen molar-refractivity contribution < 1.29 is 8.42 Å². The van der Waals surface area contributed by atoms with Crippen LogP contribution in [0.1, 0.15) is 52.9 Å². The highest BCUT2D eigenvalue weighted by atomic mass is 32.2. The van der Waals surface area contributed by atoms with Gasteiger partial charge < -0.3 is 0 Å². The molecule has 2 rings (SSSR count).